The molecule has 0 bridgehead atoms. The summed E-state index contributed by atoms with van der Waals surface area (Å²) in [5, 5.41) is 3.35. The van der Waals surface area contributed by atoms with Crippen molar-refractivity contribution in [2.75, 3.05) is 18.0 Å². The maximum absolute atomic E-state index is 13.1. The zero-order chi connectivity index (χ0) is 13.6. The molecule has 2 aliphatic heterocycles. The number of fused-ring (bicyclic) bond motifs is 2. The van der Waals surface area contributed by atoms with Crippen LogP contribution in [0.3, 0.4) is 0 Å². The molecule has 1 N–H and O–H groups in total. The minimum atomic E-state index is -0.369. The lowest BCUT2D eigenvalue weighted by Gasteiger charge is -2.22. The fourth-order valence-electron chi connectivity index (χ4n) is 3.45. The number of hydrogen-bond donors (Lipinski definition) is 1. The predicted octanol–water partition coefficient (Wildman–Crippen LogP) is 2.60. The van der Waals surface area contributed by atoms with Crippen LogP contribution in [0.5, 0.6) is 0 Å². The van der Waals surface area contributed by atoms with Gasteiger partial charge in [0.2, 0.25) is 5.91 Å². The van der Waals surface area contributed by atoms with Gasteiger partial charge in [-0.2, -0.15) is 0 Å². The molecule has 20 heavy (non-hydrogen) atoms. The van der Waals surface area contributed by atoms with Crippen molar-refractivity contribution in [3.05, 3.63) is 60.2 Å². The molecule has 0 aliphatic carbocycles. The minimum Gasteiger partial charge on any atom is -0.315 e. The van der Waals surface area contributed by atoms with E-state index in [4.69, 9.17) is 0 Å². The van der Waals surface area contributed by atoms with Crippen molar-refractivity contribution in [1.82, 2.24) is 5.32 Å². The Morgan fingerprint density at radius 3 is 2.50 bits per heavy atom. The fourth-order valence-corrected chi connectivity index (χ4v) is 3.45. The maximum Gasteiger partial charge on any atom is 0.243 e. The number of rotatable bonds is 1. The molecule has 0 radical (unpaired) electrons. The summed E-state index contributed by atoms with van der Waals surface area (Å²) in [6, 6.07) is 18.1. The summed E-state index contributed by atoms with van der Waals surface area (Å²) in [7, 11) is 0. The molecule has 1 fully saturated rings. The molecule has 4 rings (SSSR count). The van der Waals surface area contributed by atoms with E-state index in [1.807, 2.05) is 53.4 Å². The van der Waals surface area contributed by atoms with Crippen LogP contribution in [0.2, 0.25) is 0 Å². The molecule has 100 valence electrons. The van der Waals surface area contributed by atoms with Gasteiger partial charge >= 0.3 is 0 Å². The lowest BCUT2D eigenvalue weighted by Crippen LogP contribution is -2.40. The normalized spacial score (nSPS) is 24.4. The number of nitrogens with zero attached hydrogens (tertiary/aromatic N) is 1. The van der Waals surface area contributed by atoms with Gasteiger partial charge in [-0.3, -0.25) is 9.69 Å². The maximum atomic E-state index is 13.1. The Morgan fingerprint density at radius 1 is 1.00 bits per heavy atom. The van der Waals surface area contributed by atoms with Gasteiger partial charge in [0, 0.05) is 12.2 Å². The second-order valence-corrected chi connectivity index (χ2v) is 5.50. The molecule has 2 aromatic rings. The van der Waals surface area contributed by atoms with Crippen molar-refractivity contribution in [3.8, 4) is 0 Å². The smallest absolute Gasteiger partial charge is 0.243 e. The second-order valence-electron chi connectivity index (χ2n) is 5.50. The lowest BCUT2D eigenvalue weighted by molar-refractivity contribution is -0.121. The molecular weight excluding hydrogens is 248 g/mol. The topological polar surface area (TPSA) is 32.3 Å². The molecule has 1 atom stereocenters. The molecule has 1 spiro atoms. The largest absolute Gasteiger partial charge is 0.315 e. The summed E-state index contributed by atoms with van der Waals surface area (Å²) >= 11 is 0. The van der Waals surface area contributed by atoms with Crippen LogP contribution in [0.15, 0.2) is 54.6 Å². The predicted molar refractivity (Wildman–Crippen MR) is 79.2 cm³/mol. The van der Waals surface area contributed by atoms with Crippen molar-refractivity contribution in [2.45, 2.75) is 11.8 Å². The summed E-state index contributed by atoms with van der Waals surface area (Å²) in [6.07, 6.45) is 0.881. The highest BCUT2D eigenvalue weighted by Gasteiger charge is 2.52. The third kappa shape index (κ3) is 1.41. The lowest BCUT2D eigenvalue weighted by atomic mass is 9.81. The molecule has 2 heterocycles. The average Bonchev–Trinajstić information content (AvgIpc) is 3.07. The highest BCUT2D eigenvalue weighted by Crippen LogP contribution is 2.48. The van der Waals surface area contributed by atoms with Crippen LogP contribution in [0.4, 0.5) is 11.4 Å². The standard InChI is InChI=1S/C17H16N2O/c20-16-17(10-11-18-12-17)14-8-4-5-9-15(14)19(16)13-6-2-1-3-7-13/h1-9,18H,10-12H2. The molecule has 2 aliphatic rings. The van der Waals surface area contributed by atoms with Crippen LogP contribution < -0.4 is 10.2 Å². The average molecular weight is 264 g/mol. The molecular formula is C17H16N2O. The van der Waals surface area contributed by atoms with Gasteiger partial charge in [0.25, 0.3) is 0 Å². The van der Waals surface area contributed by atoms with Crippen LogP contribution in [0, 0.1) is 0 Å². The summed E-state index contributed by atoms with van der Waals surface area (Å²) in [5.74, 6) is 0.204. The van der Waals surface area contributed by atoms with Crippen LogP contribution in [-0.4, -0.2) is 19.0 Å². The van der Waals surface area contributed by atoms with Crippen LogP contribution in [-0.2, 0) is 10.2 Å². The molecule has 1 amide bonds. The highest BCUT2D eigenvalue weighted by molar-refractivity contribution is 6.13. The van der Waals surface area contributed by atoms with Crippen molar-refractivity contribution in [3.63, 3.8) is 0 Å². The van der Waals surface area contributed by atoms with E-state index in [2.05, 4.69) is 11.4 Å². The van der Waals surface area contributed by atoms with Crippen LogP contribution in [0.25, 0.3) is 0 Å². The van der Waals surface area contributed by atoms with Gasteiger partial charge in [-0.05, 0) is 36.7 Å². The Bertz CT molecular complexity index is 660. The zero-order valence-corrected chi connectivity index (χ0v) is 11.2. The summed E-state index contributed by atoms with van der Waals surface area (Å²) < 4.78 is 0. The van der Waals surface area contributed by atoms with E-state index in [1.54, 1.807) is 0 Å². The Morgan fingerprint density at radius 2 is 1.75 bits per heavy atom. The van der Waals surface area contributed by atoms with Gasteiger partial charge in [0.15, 0.2) is 0 Å². The Kier molecular flexibility index (Phi) is 2.44. The van der Waals surface area contributed by atoms with Crippen molar-refractivity contribution >= 4 is 17.3 Å². The first-order valence-electron chi connectivity index (χ1n) is 7.03. The van der Waals surface area contributed by atoms with Crippen molar-refractivity contribution in [2.24, 2.45) is 0 Å². The van der Waals surface area contributed by atoms with E-state index in [-0.39, 0.29) is 11.3 Å². The molecule has 1 unspecified atom stereocenters. The number of nitrogens with one attached hydrogen (secondary N) is 1. The number of carbonyl (C=O) groups is 1. The summed E-state index contributed by atoms with van der Waals surface area (Å²) in [5.41, 5.74) is 2.78. The number of anilines is 2. The second kappa shape index (κ2) is 4.18. The summed E-state index contributed by atoms with van der Waals surface area (Å²) in [6.45, 7) is 1.65. The number of carbonyl (C=O) groups excluding carboxylic acids is 1. The van der Waals surface area contributed by atoms with Gasteiger partial charge in [0.1, 0.15) is 0 Å². The number of para-hydroxylation sites is 2. The van der Waals surface area contributed by atoms with E-state index in [0.29, 0.717) is 0 Å². The number of amides is 1. The van der Waals surface area contributed by atoms with E-state index in [1.165, 1.54) is 5.56 Å². The quantitative estimate of drug-likeness (QED) is 0.858. The van der Waals surface area contributed by atoms with E-state index < -0.39 is 0 Å². The van der Waals surface area contributed by atoms with E-state index in [0.717, 1.165) is 30.9 Å². The number of hydrogen-bond acceptors (Lipinski definition) is 2. The molecule has 2 aromatic carbocycles. The monoisotopic (exact) mass is 264 g/mol. The van der Waals surface area contributed by atoms with Gasteiger partial charge in [-0.15, -0.1) is 0 Å². The SMILES string of the molecule is O=C1N(c2ccccc2)c2ccccc2C12CCNC2. The van der Waals surface area contributed by atoms with Gasteiger partial charge in [-0.25, -0.2) is 0 Å². The van der Waals surface area contributed by atoms with Crippen LogP contribution >= 0.6 is 0 Å². The first-order valence-corrected chi connectivity index (χ1v) is 7.03. The minimum absolute atomic E-state index is 0.204. The molecule has 0 saturated carbocycles. The third-order valence-corrected chi connectivity index (χ3v) is 4.44. The Hall–Kier alpha value is -2.13. The Balaban J connectivity index is 1.92. The first-order chi connectivity index (χ1) is 9.83. The first kappa shape index (κ1) is 11.7. The number of benzene rings is 2. The van der Waals surface area contributed by atoms with Crippen LogP contribution in [0.1, 0.15) is 12.0 Å². The highest BCUT2D eigenvalue weighted by atomic mass is 16.2. The van der Waals surface area contributed by atoms with E-state index >= 15 is 0 Å². The van der Waals surface area contributed by atoms with Gasteiger partial charge < -0.3 is 5.32 Å². The van der Waals surface area contributed by atoms with Crippen molar-refractivity contribution in [1.29, 1.82) is 0 Å². The van der Waals surface area contributed by atoms with E-state index in [9.17, 15) is 4.79 Å². The Labute approximate surface area is 118 Å². The fraction of sp³-hybridized carbons (Fsp3) is 0.235. The summed E-state index contributed by atoms with van der Waals surface area (Å²) in [4.78, 5) is 15.0. The molecule has 3 nitrogen and oxygen atoms in total. The molecule has 1 saturated heterocycles. The van der Waals surface area contributed by atoms with Crippen molar-refractivity contribution < 1.29 is 4.79 Å². The van der Waals surface area contributed by atoms with Gasteiger partial charge in [-0.1, -0.05) is 36.4 Å². The molecule has 0 aromatic heterocycles. The zero-order valence-electron chi connectivity index (χ0n) is 11.2. The van der Waals surface area contributed by atoms with Gasteiger partial charge in [0.05, 0.1) is 11.1 Å². The molecule has 3 heteroatoms. The third-order valence-electron chi connectivity index (χ3n) is 4.44.